The SMILES string of the molecule is CC(C)[C@@H](CC(=O)OC(C)(C)C)N(Cc1ccccc1)[C@@H](C)c1ccccc1. The molecule has 0 fully saturated rings. The third-order valence-corrected chi connectivity index (χ3v) is 4.98. The molecule has 0 unspecified atom stereocenters. The van der Waals surface area contributed by atoms with E-state index in [9.17, 15) is 4.79 Å². The average molecular weight is 382 g/mol. The molecule has 0 amide bonds. The molecular formula is C25H35NO2. The van der Waals surface area contributed by atoms with Crippen molar-refractivity contribution in [1.82, 2.24) is 4.90 Å². The first-order chi connectivity index (χ1) is 13.2. The molecule has 0 aliphatic rings. The molecular weight excluding hydrogens is 346 g/mol. The van der Waals surface area contributed by atoms with Crippen molar-refractivity contribution in [3.05, 3.63) is 71.8 Å². The van der Waals surface area contributed by atoms with Crippen molar-refractivity contribution >= 4 is 5.97 Å². The molecule has 28 heavy (non-hydrogen) atoms. The van der Waals surface area contributed by atoms with Gasteiger partial charge in [-0.25, -0.2) is 0 Å². The maximum Gasteiger partial charge on any atom is 0.307 e. The van der Waals surface area contributed by atoms with Crippen LogP contribution in [-0.4, -0.2) is 22.5 Å². The number of rotatable bonds is 8. The minimum absolute atomic E-state index is 0.0882. The van der Waals surface area contributed by atoms with Gasteiger partial charge in [-0.3, -0.25) is 9.69 Å². The van der Waals surface area contributed by atoms with Crippen molar-refractivity contribution in [3.63, 3.8) is 0 Å². The number of carbonyl (C=O) groups excluding carboxylic acids is 1. The summed E-state index contributed by atoms with van der Waals surface area (Å²) < 4.78 is 5.64. The molecule has 0 spiro atoms. The zero-order valence-electron chi connectivity index (χ0n) is 18.2. The average Bonchev–Trinajstić information content (AvgIpc) is 2.64. The lowest BCUT2D eigenvalue weighted by Gasteiger charge is -2.39. The second-order valence-corrected chi connectivity index (χ2v) is 8.85. The van der Waals surface area contributed by atoms with Crippen LogP contribution in [0, 0.1) is 5.92 Å². The molecule has 2 atom stereocenters. The minimum atomic E-state index is -0.464. The number of ether oxygens (including phenoxy) is 1. The molecule has 3 nitrogen and oxygen atoms in total. The van der Waals surface area contributed by atoms with Crippen LogP contribution in [0.15, 0.2) is 60.7 Å². The standard InChI is InChI=1S/C25H35NO2/c1-19(2)23(17-24(27)28-25(4,5)6)26(18-21-13-9-7-10-14-21)20(3)22-15-11-8-12-16-22/h7-16,19-20,23H,17-18H2,1-6H3/t20-,23+/m0/s1. The van der Waals surface area contributed by atoms with Crippen LogP contribution in [-0.2, 0) is 16.1 Å². The summed E-state index contributed by atoms with van der Waals surface area (Å²) in [7, 11) is 0. The molecule has 0 N–H and O–H groups in total. The van der Waals surface area contributed by atoms with E-state index in [4.69, 9.17) is 4.74 Å². The Kier molecular flexibility index (Phi) is 7.82. The van der Waals surface area contributed by atoms with Crippen LogP contribution in [0.2, 0.25) is 0 Å². The summed E-state index contributed by atoms with van der Waals surface area (Å²) in [6.07, 6.45) is 0.388. The first-order valence-electron chi connectivity index (χ1n) is 10.2. The zero-order valence-corrected chi connectivity index (χ0v) is 18.2. The van der Waals surface area contributed by atoms with Crippen molar-refractivity contribution in [2.45, 2.75) is 72.2 Å². The molecule has 0 aliphatic carbocycles. The van der Waals surface area contributed by atoms with Crippen LogP contribution in [0.4, 0.5) is 0 Å². The Labute approximate surface area is 170 Å². The van der Waals surface area contributed by atoms with Gasteiger partial charge in [0, 0.05) is 18.6 Å². The predicted molar refractivity (Wildman–Crippen MR) is 116 cm³/mol. The van der Waals surface area contributed by atoms with Gasteiger partial charge in [0.25, 0.3) is 0 Å². The van der Waals surface area contributed by atoms with Gasteiger partial charge in [-0.15, -0.1) is 0 Å². The van der Waals surface area contributed by atoms with E-state index in [1.807, 2.05) is 32.9 Å². The Hall–Kier alpha value is -2.13. The molecule has 0 aliphatic heterocycles. The fourth-order valence-electron chi connectivity index (χ4n) is 3.55. The van der Waals surface area contributed by atoms with Crippen LogP contribution < -0.4 is 0 Å². The van der Waals surface area contributed by atoms with Crippen molar-refractivity contribution < 1.29 is 9.53 Å². The smallest absolute Gasteiger partial charge is 0.307 e. The maximum absolute atomic E-state index is 12.6. The molecule has 3 heteroatoms. The van der Waals surface area contributed by atoms with E-state index in [-0.39, 0.29) is 18.1 Å². The van der Waals surface area contributed by atoms with Gasteiger partial charge in [0.05, 0.1) is 6.42 Å². The second-order valence-electron chi connectivity index (χ2n) is 8.85. The summed E-state index contributed by atoms with van der Waals surface area (Å²) in [4.78, 5) is 15.1. The fraction of sp³-hybridized carbons (Fsp3) is 0.480. The molecule has 0 heterocycles. The van der Waals surface area contributed by atoms with Crippen LogP contribution in [0.1, 0.15) is 65.1 Å². The number of hydrogen-bond donors (Lipinski definition) is 0. The summed E-state index contributed by atoms with van der Waals surface area (Å²) in [5.41, 5.74) is 2.04. The summed E-state index contributed by atoms with van der Waals surface area (Å²) in [6, 6.07) is 21.3. The summed E-state index contributed by atoms with van der Waals surface area (Å²) in [5, 5.41) is 0. The molecule has 0 bridgehead atoms. The Bertz CT molecular complexity index is 719. The number of esters is 1. The molecule has 2 aromatic rings. The van der Waals surface area contributed by atoms with Gasteiger partial charge < -0.3 is 4.74 Å². The first kappa shape index (κ1) is 22.2. The van der Waals surface area contributed by atoms with Gasteiger partial charge in [-0.2, -0.15) is 0 Å². The zero-order chi connectivity index (χ0) is 20.7. The quantitative estimate of drug-likeness (QED) is 0.525. The third-order valence-electron chi connectivity index (χ3n) is 4.98. The van der Waals surface area contributed by atoms with Gasteiger partial charge >= 0.3 is 5.97 Å². The van der Waals surface area contributed by atoms with E-state index < -0.39 is 5.60 Å². The minimum Gasteiger partial charge on any atom is -0.460 e. The lowest BCUT2D eigenvalue weighted by atomic mass is 9.94. The Morgan fingerprint density at radius 1 is 0.929 bits per heavy atom. The number of hydrogen-bond acceptors (Lipinski definition) is 3. The van der Waals surface area contributed by atoms with Gasteiger partial charge in [-0.1, -0.05) is 74.5 Å². The van der Waals surface area contributed by atoms with Crippen molar-refractivity contribution in [1.29, 1.82) is 0 Å². The van der Waals surface area contributed by atoms with Crippen molar-refractivity contribution in [2.24, 2.45) is 5.92 Å². The van der Waals surface area contributed by atoms with Crippen LogP contribution in [0.5, 0.6) is 0 Å². The monoisotopic (exact) mass is 381 g/mol. The van der Waals surface area contributed by atoms with E-state index in [1.54, 1.807) is 0 Å². The van der Waals surface area contributed by atoms with E-state index in [2.05, 4.69) is 74.2 Å². The lowest BCUT2D eigenvalue weighted by molar-refractivity contribution is -0.157. The highest BCUT2D eigenvalue weighted by atomic mass is 16.6. The second kappa shape index (κ2) is 9.88. The molecule has 2 rings (SSSR count). The third kappa shape index (κ3) is 6.79. The molecule has 0 radical (unpaired) electrons. The summed E-state index contributed by atoms with van der Waals surface area (Å²) in [5.74, 6) is 0.187. The van der Waals surface area contributed by atoms with Crippen molar-refractivity contribution in [2.75, 3.05) is 0 Å². The molecule has 2 aromatic carbocycles. The highest BCUT2D eigenvalue weighted by molar-refractivity contribution is 5.70. The number of benzene rings is 2. The molecule has 0 aromatic heterocycles. The van der Waals surface area contributed by atoms with E-state index >= 15 is 0 Å². The maximum atomic E-state index is 12.6. The van der Waals surface area contributed by atoms with E-state index in [0.717, 1.165) is 6.54 Å². The first-order valence-corrected chi connectivity index (χ1v) is 10.2. The van der Waals surface area contributed by atoms with Crippen LogP contribution in [0.25, 0.3) is 0 Å². The predicted octanol–water partition coefficient (Wildman–Crippen LogP) is 6.01. The normalized spacial score (nSPS) is 14.1. The van der Waals surface area contributed by atoms with Gasteiger partial charge in [0.2, 0.25) is 0 Å². The van der Waals surface area contributed by atoms with E-state index in [1.165, 1.54) is 11.1 Å². The molecule has 152 valence electrons. The van der Waals surface area contributed by atoms with Gasteiger partial charge in [0.15, 0.2) is 0 Å². The van der Waals surface area contributed by atoms with Gasteiger partial charge in [-0.05, 0) is 44.7 Å². The van der Waals surface area contributed by atoms with Crippen molar-refractivity contribution in [3.8, 4) is 0 Å². The summed E-state index contributed by atoms with van der Waals surface area (Å²) >= 11 is 0. The Morgan fingerprint density at radius 3 is 1.96 bits per heavy atom. The van der Waals surface area contributed by atoms with Crippen LogP contribution in [0.3, 0.4) is 0 Å². The Morgan fingerprint density at radius 2 is 1.46 bits per heavy atom. The van der Waals surface area contributed by atoms with Gasteiger partial charge in [0.1, 0.15) is 5.60 Å². The summed E-state index contributed by atoms with van der Waals surface area (Å²) in [6.45, 7) is 13.2. The highest BCUT2D eigenvalue weighted by Crippen LogP contribution is 2.30. The lowest BCUT2D eigenvalue weighted by Crippen LogP contribution is -2.42. The van der Waals surface area contributed by atoms with E-state index in [0.29, 0.717) is 12.3 Å². The molecule has 0 saturated heterocycles. The van der Waals surface area contributed by atoms with Crippen LogP contribution >= 0.6 is 0 Å². The Balaban J connectivity index is 2.31. The topological polar surface area (TPSA) is 29.5 Å². The largest absolute Gasteiger partial charge is 0.460 e. The number of carbonyl (C=O) groups is 1. The fourth-order valence-corrected chi connectivity index (χ4v) is 3.55. The molecule has 0 saturated carbocycles. The number of nitrogens with zero attached hydrogens (tertiary/aromatic N) is 1. The highest BCUT2D eigenvalue weighted by Gasteiger charge is 2.31.